The highest BCUT2D eigenvalue weighted by atomic mass is 19.1. The molecule has 0 aliphatic rings. The first-order chi connectivity index (χ1) is 9.27. The van der Waals surface area contributed by atoms with Crippen LogP contribution in [-0.2, 0) is 6.54 Å². The van der Waals surface area contributed by atoms with E-state index in [2.05, 4.69) is 5.10 Å². The average molecular weight is 274 g/mol. The van der Waals surface area contributed by atoms with Crippen LogP contribution in [0, 0.1) is 18.2 Å². The van der Waals surface area contributed by atoms with Gasteiger partial charge >= 0.3 is 0 Å². The van der Waals surface area contributed by atoms with Gasteiger partial charge in [-0.05, 0) is 24.6 Å². The van der Waals surface area contributed by atoms with Crippen molar-refractivity contribution in [1.82, 2.24) is 9.78 Å². The Morgan fingerprint density at radius 3 is 2.40 bits per heavy atom. The fraction of sp³-hybridized carbons (Fsp3) is 0.375. The largest absolute Gasteiger partial charge is 0.293 e. The lowest BCUT2D eigenvalue weighted by molar-refractivity contribution is 0.0857. The fourth-order valence-electron chi connectivity index (χ4n) is 2.00. The van der Waals surface area contributed by atoms with Gasteiger partial charge in [-0.25, -0.2) is 4.39 Å². The number of Topliss-reactive ketones (excluding diaryl/α,β-unsaturated/α-hetero) is 1. The third-order valence-electron chi connectivity index (χ3n) is 3.13. The molecule has 20 heavy (non-hydrogen) atoms. The van der Waals surface area contributed by atoms with Crippen molar-refractivity contribution in [3.63, 3.8) is 0 Å². The van der Waals surface area contributed by atoms with E-state index < -0.39 is 5.41 Å². The first-order valence-electron chi connectivity index (χ1n) is 6.60. The van der Waals surface area contributed by atoms with Crippen LogP contribution in [0.1, 0.15) is 42.4 Å². The van der Waals surface area contributed by atoms with Crippen molar-refractivity contribution in [1.29, 1.82) is 0 Å². The van der Waals surface area contributed by atoms with E-state index in [1.54, 1.807) is 23.0 Å². The molecule has 0 unspecified atom stereocenters. The number of aromatic nitrogens is 2. The Morgan fingerprint density at radius 2 is 1.85 bits per heavy atom. The first kappa shape index (κ1) is 14.4. The minimum absolute atomic E-state index is 0.0837. The van der Waals surface area contributed by atoms with E-state index >= 15 is 0 Å². The normalized spacial score (nSPS) is 11.7. The molecule has 0 amide bonds. The number of rotatable bonds is 3. The molecule has 2 aromatic rings. The van der Waals surface area contributed by atoms with Crippen molar-refractivity contribution in [2.45, 2.75) is 34.2 Å². The standard InChI is InChI=1S/C16H19FN2O/c1-11-14(15(20)16(2,3)4)10-19(18-11)9-12-5-7-13(17)8-6-12/h5-8,10H,9H2,1-4H3. The Balaban J connectivity index is 2.23. The molecule has 0 aliphatic carbocycles. The van der Waals surface area contributed by atoms with Crippen LogP contribution < -0.4 is 0 Å². The maximum atomic E-state index is 12.9. The van der Waals surface area contributed by atoms with Gasteiger partial charge in [0.05, 0.1) is 17.8 Å². The summed E-state index contributed by atoms with van der Waals surface area (Å²) >= 11 is 0. The zero-order valence-corrected chi connectivity index (χ0v) is 12.3. The van der Waals surface area contributed by atoms with Gasteiger partial charge in [-0.1, -0.05) is 32.9 Å². The highest BCUT2D eigenvalue weighted by molar-refractivity contribution is 6.00. The number of carbonyl (C=O) groups excluding carboxylic acids is 1. The third kappa shape index (κ3) is 3.13. The molecule has 1 aromatic carbocycles. The van der Waals surface area contributed by atoms with E-state index in [-0.39, 0.29) is 11.6 Å². The highest BCUT2D eigenvalue weighted by Crippen LogP contribution is 2.22. The molecular formula is C16H19FN2O. The van der Waals surface area contributed by atoms with Gasteiger partial charge in [0.1, 0.15) is 5.82 Å². The van der Waals surface area contributed by atoms with Gasteiger partial charge < -0.3 is 0 Å². The zero-order chi connectivity index (χ0) is 14.9. The summed E-state index contributed by atoms with van der Waals surface area (Å²) in [6.07, 6.45) is 1.77. The van der Waals surface area contributed by atoms with Crippen LogP contribution in [0.15, 0.2) is 30.5 Å². The van der Waals surface area contributed by atoms with Crippen molar-refractivity contribution in [3.05, 3.63) is 53.1 Å². The van der Waals surface area contributed by atoms with E-state index in [9.17, 15) is 9.18 Å². The SMILES string of the molecule is Cc1nn(Cc2ccc(F)cc2)cc1C(=O)C(C)(C)C. The second-order valence-corrected chi connectivity index (χ2v) is 6.03. The predicted octanol–water partition coefficient (Wildman–Crippen LogP) is 3.61. The Hall–Kier alpha value is -1.97. The number of hydrogen-bond acceptors (Lipinski definition) is 2. The molecule has 0 radical (unpaired) electrons. The van der Waals surface area contributed by atoms with Crippen molar-refractivity contribution in [2.75, 3.05) is 0 Å². The summed E-state index contributed by atoms with van der Waals surface area (Å²) in [6, 6.07) is 6.29. The van der Waals surface area contributed by atoms with Gasteiger partial charge in [0.2, 0.25) is 0 Å². The molecule has 0 saturated heterocycles. The lowest BCUT2D eigenvalue weighted by Gasteiger charge is -2.15. The van der Waals surface area contributed by atoms with Crippen molar-refractivity contribution >= 4 is 5.78 Å². The van der Waals surface area contributed by atoms with E-state index in [1.807, 2.05) is 27.7 Å². The van der Waals surface area contributed by atoms with Crippen LogP contribution in [-0.4, -0.2) is 15.6 Å². The maximum Gasteiger partial charge on any atom is 0.171 e. The zero-order valence-electron chi connectivity index (χ0n) is 12.3. The summed E-state index contributed by atoms with van der Waals surface area (Å²) in [5, 5.41) is 4.37. The number of ketones is 1. The molecule has 3 nitrogen and oxygen atoms in total. The number of halogens is 1. The summed E-state index contributed by atoms with van der Waals surface area (Å²) in [5.74, 6) is -0.172. The van der Waals surface area contributed by atoms with Crippen LogP contribution in [0.3, 0.4) is 0 Å². The average Bonchev–Trinajstić information content (AvgIpc) is 2.71. The topological polar surface area (TPSA) is 34.9 Å². The quantitative estimate of drug-likeness (QED) is 0.801. The van der Waals surface area contributed by atoms with Gasteiger partial charge in [0, 0.05) is 11.6 Å². The molecule has 4 heteroatoms. The Morgan fingerprint density at radius 1 is 1.25 bits per heavy atom. The monoisotopic (exact) mass is 274 g/mol. The molecule has 0 saturated carbocycles. The number of aryl methyl sites for hydroxylation is 1. The van der Waals surface area contributed by atoms with Crippen LogP contribution in [0.4, 0.5) is 4.39 Å². The molecule has 0 fully saturated rings. The Kier molecular flexibility index (Phi) is 3.75. The molecule has 0 spiro atoms. The lowest BCUT2D eigenvalue weighted by Crippen LogP contribution is -2.20. The molecule has 1 heterocycles. The third-order valence-corrected chi connectivity index (χ3v) is 3.13. The van der Waals surface area contributed by atoms with Crippen molar-refractivity contribution < 1.29 is 9.18 Å². The smallest absolute Gasteiger partial charge is 0.171 e. The van der Waals surface area contributed by atoms with Gasteiger partial charge in [-0.15, -0.1) is 0 Å². The van der Waals surface area contributed by atoms with Crippen molar-refractivity contribution in [2.24, 2.45) is 5.41 Å². The summed E-state index contributed by atoms with van der Waals surface area (Å²) < 4.78 is 14.6. The minimum Gasteiger partial charge on any atom is -0.293 e. The first-order valence-corrected chi connectivity index (χ1v) is 6.60. The molecule has 1 aromatic heterocycles. The van der Waals surface area contributed by atoms with E-state index in [0.29, 0.717) is 12.1 Å². The lowest BCUT2D eigenvalue weighted by atomic mass is 9.87. The molecule has 2 rings (SSSR count). The number of benzene rings is 1. The van der Waals surface area contributed by atoms with Crippen LogP contribution in [0.25, 0.3) is 0 Å². The van der Waals surface area contributed by atoms with Crippen LogP contribution >= 0.6 is 0 Å². The maximum absolute atomic E-state index is 12.9. The van der Waals surface area contributed by atoms with E-state index in [1.165, 1.54) is 12.1 Å². The number of hydrogen-bond donors (Lipinski definition) is 0. The number of nitrogens with zero attached hydrogens (tertiary/aromatic N) is 2. The van der Waals surface area contributed by atoms with Gasteiger partial charge in [-0.3, -0.25) is 9.48 Å². The van der Waals surface area contributed by atoms with Gasteiger partial charge in [0.25, 0.3) is 0 Å². The second kappa shape index (κ2) is 5.19. The molecule has 106 valence electrons. The van der Waals surface area contributed by atoms with E-state index in [0.717, 1.165) is 11.3 Å². The fourth-order valence-corrected chi connectivity index (χ4v) is 2.00. The summed E-state index contributed by atoms with van der Waals surface area (Å²) in [6.45, 7) is 8.04. The highest BCUT2D eigenvalue weighted by Gasteiger charge is 2.26. The molecular weight excluding hydrogens is 255 g/mol. The van der Waals surface area contributed by atoms with Crippen molar-refractivity contribution in [3.8, 4) is 0 Å². The van der Waals surface area contributed by atoms with E-state index in [4.69, 9.17) is 0 Å². The Bertz CT molecular complexity index is 621. The predicted molar refractivity (Wildman–Crippen MR) is 76.3 cm³/mol. The van der Waals surface area contributed by atoms with Crippen LogP contribution in [0.5, 0.6) is 0 Å². The summed E-state index contributed by atoms with van der Waals surface area (Å²) in [7, 11) is 0. The molecule has 0 N–H and O–H groups in total. The summed E-state index contributed by atoms with van der Waals surface area (Å²) in [5.41, 5.74) is 1.91. The van der Waals surface area contributed by atoms with Gasteiger partial charge in [0.15, 0.2) is 5.78 Å². The Labute approximate surface area is 118 Å². The molecule has 0 atom stereocenters. The molecule has 0 bridgehead atoms. The number of carbonyl (C=O) groups is 1. The molecule has 0 aliphatic heterocycles. The minimum atomic E-state index is -0.422. The second-order valence-electron chi connectivity index (χ2n) is 6.03. The van der Waals surface area contributed by atoms with Crippen LogP contribution in [0.2, 0.25) is 0 Å². The van der Waals surface area contributed by atoms with Gasteiger partial charge in [-0.2, -0.15) is 5.10 Å². The summed E-state index contributed by atoms with van der Waals surface area (Å²) in [4.78, 5) is 12.3.